The van der Waals surface area contributed by atoms with Crippen molar-refractivity contribution in [2.24, 2.45) is 0 Å². The van der Waals surface area contributed by atoms with Gasteiger partial charge in [-0.15, -0.1) is 0 Å². The number of benzene rings is 2. The first-order valence-corrected chi connectivity index (χ1v) is 8.64. The topological polar surface area (TPSA) is 49.4 Å². The Morgan fingerprint density at radius 2 is 1.81 bits per heavy atom. The van der Waals surface area contributed by atoms with Gasteiger partial charge in [-0.25, -0.2) is 0 Å². The van der Waals surface area contributed by atoms with Gasteiger partial charge in [0.2, 0.25) is 11.8 Å². The van der Waals surface area contributed by atoms with E-state index in [9.17, 15) is 22.8 Å². The number of amides is 2. The van der Waals surface area contributed by atoms with Crippen LogP contribution in [0, 0.1) is 0 Å². The van der Waals surface area contributed by atoms with Gasteiger partial charge in [-0.1, -0.05) is 30.3 Å². The summed E-state index contributed by atoms with van der Waals surface area (Å²) in [5.41, 5.74) is 0.962. The van der Waals surface area contributed by atoms with Gasteiger partial charge in [0.25, 0.3) is 0 Å². The summed E-state index contributed by atoms with van der Waals surface area (Å²) in [6.45, 7) is 1.21. The number of nitrogens with zero attached hydrogens (tertiary/aromatic N) is 1. The SMILES string of the molecule is O=C(Cc1cccc(C(F)(F)F)c1)Nc1cccc(CN2CCCC2=O)c1. The first-order chi connectivity index (χ1) is 12.8. The lowest BCUT2D eigenvalue weighted by molar-refractivity contribution is -0.137. The molecule has 1 aliphatic rings. The summed E-state index contributed by atoms with van der Waals surface area (Å²) in [4.78, 5) is 25.7. The van der Waals surface area contributed by atoms with E-state index in [-0.39, 0.29) is 12.3 Å². The summed E-state index contributed by atoms with van der Waals surface area (Å²) in [7, 11) is 0. The van der Waals surface area contributed by atoms with Crippen molar-refractivity contribution in [2.45, 2.75) is 32.0 Å². The van der Waals surface area contributed by atoms with Crippen molar-refractivity contribution < 1.29 is 22.8 Å². The molecule has 3 rings (SSSR count). The molecule has 7 heteroatoms. The van der Waals surface area contributed by atoms with Crippen molar-refractivity contribution in [2.75, 3.05) is 11.9 Å². The van der Waals surface area contributed by atoms with Crippen molar-refractivity contribution in [1.29, 1.82) is 0 Å². The van der Waals surface area contributed by atoms with Gasteiger partial charge in [-0.2, -0.15) is 13.2 Å². The van der Waals surface area contributed by atoms with Crippen LogP contribution >= 0.6 is 0 Å². The molecule has 2 aromatic rings. The third kappa shape index (κ3) is 5.09. The summed E-state index contributed by atoms with van der Waals surface area (Å²) >= 11 is 0. The summed E-state index contributed by atoms with van der Waals surface area (Å²) < 4.78 is 38.3. The Kier molecular flexibility index (Phi) is 5.48. The van der Waals surface area contributed by atoms with Crippen LogP contribution in [-0.2, 0) is 28.7 Å². The second-order valence-electron chi connectivity index (χ2n) is 6.54. The number of carbonyl (C=O) groups is 2. The molecule has 1 aliphatic heterocycles. The van der Waals surface area contributed by atoms with Crippen LogP contribution in [0.25, 0.3) is 0 Å². The van der Waals surface area contributed by atoms with E-state index < -0.39 is 17.6 Å². The van der Waals surface area contributed by atoms with Gasteiger partial charge in [0.05, 0.1) is 12.0 Å². The molecule has 0 spiro atoms. The zero-order chi connectivity index (χ0) is 19.4. The summed E-state index contributed by atoms with van der Waals surface area (Å²) in [6, 6.07) is 11.9. The van der Waals surface area contributed by atoms with Crippen LogP contribution in [0.3, 0.4) is 0 Å². The van der Waals surface area contributed by atoms with E-state index in [1.807, 2.05) is 6.07 Å². The quantitative estimate of drug-likeness (QED) is 0.857. The fraction of sp³-hybridized carbons (Fsp3) is 0.300. The minimum atomic E-state index is -4.44. The van der Waals surface area contributed by atoms with Crippen molar-refractivity contribution in [3.8, 4) is 0 Å². The molecule has 1 heterocycles. The fourth-order valence-electron chi connectivity index (χ4n) is 3.09. The highest BCUT2D eigenvalue weighted by molar-refractivity contribution is 5.92. The van der Waals surface area contributed by atoms with Crippen LogP contribution in [0.1, 0.15) is 29.5 Å². The number of anilines is 1. The zero-order valence-electron chi connectivity index (χ0n) is 14.6. The number of hydrogen-bond donors (Lipinski definition) is 1. The minimum Gasteiger partial charge on any atom is -0.338 e. The first-order valence-electron chi connectivity index (χ1n) is 8.64. The smallest absolute Gasteiger partial charge is 0.338 e. The fourth-order valence-corrected chi connectivity index (χ4v) is 3.09. The highest BCUT2D eigenvalue weighted by Gasteiger charge is 2.30. The van der Waals surface area contributed by atoms with Crippen LogP contribution in [-0.4, -0.2) is 23.3 Å². The largest absolute Gasteiger partial charge is 0.416 e. The average Bonchev–Trinajstić information content (AvgIpc) is 2.99. The van der Waals surface area contributed by atoms with E-state index in [2.05, 4.69) is 5.32 Å². The molecule has 4 nitrogen and oxygen atoms in total. The second kappa shape index (κ2) is 7.82. The molecule has 1 saturated heterocycles. The molecule has 0 atom stereocenters. The second-order valence-corrected chi connectivity index (χ2v) is 6.54. The normalized spacial score (nSPS) is 14.5. The number of rotatable bonds is 5. The molecule has 142 valence electrons. The Labute approximate surface area is 155 Å². The maximum atomic E-state index is 12.8. The molecule has 0 aromatic heterocycles. The van der Waals surface area contributed by atoms with Crippen LogP contribution in [0.5, 0.6) is 0 Å². The maximum Gasteiger partial charge on any atom is 0.416 e. The molecule has 2 aromatic carbocycles. The van der Waals surface area contributed by atoms with Crippen molar-refractivity contribution >= 4 is 17.5 Å². The number of likely N-dealkylation sites (tertiary alicyclic amines) is 1. The first kappa shape index (κ1) is 18.9. The van der Waals surface area contributed by atoms with Gasteiger partial charge < -0.3 is 10.2 Å². The Morgan fingerprint density at radius 1 is 1.07 bits per heavy atom. The standard InChI is InChI=1S/C20H19F3N2O2/c21-20(22,23)16-6-1-4-14(10-16)12-18(26)24-17-7-2-5-15(11-17)13-25-9-3-8-19(25)27/h1-2,4-7,10-11H,3,8-9,12-13H2,(H,24,26). The molecular weight excluding hydrogens is 357 g/mol. The average molecular weight is 376 g/mol. The summed E-state index contributed by atoms with van der Waals surface area (Å²) in [5.74, 6) is -0.280. The van der Waals surface area contributed by atoms with Gasteiger partial charge in [-0.3, -0.25) is 9.59 Å². The Morgan fingerprint density at radius 3 is 2.52 bits per heavy atom. The number of hydrogen-bond acceptors (Lipinski definition) is 2. The van der Waals surface area contributed by atoms with Gasteiger partial charge >= 0.3 is 6.18 Å². The van der Waals surface area contributed by atoms with Crippen LogP contribution < -0.4 is 5.32 Å². The van der Waals surface area contributed by atoms with Gasteiger partial charge in [0, 0.05) is 25.2 Å². The number of carbonyl (C=O) groups excluding carboxylic acids is 2. The molecule has 0 radical (unpaired) electrons. The van der Waals surface area contributed by atoms with E-state index in [4.69, 9.17) is 0 Å². The highest BCUT2D eigenvalue weighted by atomic mass is 19.4. The molecule has 1 fully saturated rings. The monoisotopic (exact) mass is 376 g/mol. The van der Waals surface area contributed by atoms with Crippen molar-refractivity contribution in [3.05, 3.63) is 65.2 Å². The Balaban J connectivity index is 1.63. The Bertz CT molecular complexity index is 849. The van der Waals surface area contributed by atoms with Crippen molar-refractivity contribution in [1.82, 2.24) is 4.90 Å². The number of nitrogens with one attached hydrogen (secondary N) is 1. The third-order valence-corrected chi connectivity index (χ3v) is 4.37. The number of halogens is 3. The highest BCUT2D eigenvalue weighted by Crippen LogP contribution is 2.29. The lowest BCUT2D eigenvalue weighted by Gasteiger charge is -2.16. The van der Waals surface area contributed by atoms with E-state index in [0.29, 0.717) is 24.2 Å². The van der Waals surface area contributed by atoms with E-state index in [1.165, 1.54) is 12.1 Å². The molecular formula is C20H19F3N2O2. The van der Waals surface area contributed by atoms with Gasteiger partial charge in [0.15, 0.2) is 0 Å². The molecule has 0 saturated carbocycles. The van der Waals surface area contributed by atoms with Crippen LogP contribution in [0.2, 0.25) is 0 Å². The molecule has 0 unspecified atom stereocenters. The Hall–Kier alpha value is -2.83. The predicted molar refractivity (Wildman–Crippen MR) is 94.9 cm³/mol. The lowest BCUT2D eigenvalue weighted by atomic mass is 10.1. The van der Waals surface area contributed by atoms with E-state index in [0.717, 1.165) is 30.7 Å². The van der Waals surface area contributed by atoms with Crippen LogP contribution in [0.15, 0.2) is 48.5 Å². The third-order valence-electron chi connectivity index (χ3n) is 4.37. The zero-order valence-corrected chi connectivity index (χ0v) is 14.6. The number of alkyl halides is 3. The van der Waals surface area contributed by atoms with Gasteiger partial charge in [-0.05, 0) is 35.7 Å². The summed E-state index contributed by atoms with van der Waals surface area (Å²) in [5, 5.41) is 2.70. The molecule has 2 amide bonds. The molecule has 0 bridgehead atoms. The van der Waals surface area contributed by atoms with Gasteiger partial charge in [0.1, 0.15) is 0 Å². The van der Waals surface area contributed by atoms with Crippen LogP contribution in [0.4, 0.5) is 18.9 Å². The minimum absolute atomic E-state index is 0.119. The maximum absolute atomic E-state index is 12.8. The van der Waals surface area contributed by atoms with Crippen molar-refractivity contribution in [3.63, 3.8) is 0 Å². The summed E-state index contributed by atoms with van der Waals surface area (Å²) in [6.07, 6.45) is -3.17. The van der Waals surface area contributed by atoms with E-state index in [1.54, 1.807) is 23.1 Å². The molecule has 0 aliphatic carbocycles. The predicted octanol–water partition coefficient (Wildman–Crippen LogP) is 4.01. The molecule has 27 heavy (non-hydrogen) atoms. The lowest BCUT2D eigenvalue weighted by Crippen LogP contribution is -2.23. The van der Waals surface area contributed by atoms with E-state index >= 15 is 0 Å². The molecule has 1 N–H and O–H groups in total.